The molecule has 1 N–H and O–H groups in total. The van der Waals surface area contributed by atoms with Gasteiger partial charge in [-0.3, -0.25) is 4.79 Å². The van der Waals surface area contributed by atoms with E-state index in [-0.39, 0.29) is 6.61 Å². The quantitative estimate of drug-likeness (QED) is 0.715. The molecule has 2 rings (SSSR count). The van der Waals surface area contributed by atoms with E-state index in [1.807, 2.05) is 12.1 Å². The minimum Gasteiger partial charge on any atom is -0.495 e. The van der Waals surface area contributed by atoms with Gasteiger partial charge in [-0.1, -0.05) is 38.1 Å². The molecule has 6 heteroatoms. The molecule has 0 saturated heterocycles. The SMILES string of the molecule is COc1ccccc1NC(=O)[C@@H](C)OC(=O)COc1ccc(C(C)C)cc1. The Balaban J connectivity index is 1.83. The van der Waals surface area contributed by atoms with Crippen LogP contribution >= 0.6 is 0 Å². The molecule has 27 heavy (non-hydrogen) atoms. The number of rotatable bonds is 8. The van der Waals surface area contributed by atoms with Gasteiger partial charge in [0, 0.05) is 0 Å². The molecular weight excluding hydrogens is 346 g/mol. The van der Waals surface area contributed by atoms with Crippen molar-refractivity contribution in [1.29, 1.82) is 0 Å². The third kappa shape index (κ3) is 6.02. The van der Waals surface area contributed by atoms with Gasteiger partial charge in [-0.2, -0.15) is 0 Å². The number of ether oxygens (including phenoxy) is 3. The van der Waals surface area contributed by atoms with E-state index in [9.17, 15) is 9.59 Å². The van der Waals surface area contributed by atoms with Crippen molar-refractivity contribution in [3.63, 3.8) is 0 Å². The summed E-state index contributed by atoms with van der Waals surface area (Å²) in [5, 5.41) is 2.68. The molecule has 1 atom stereocenters. The lowest BCUT2D eigenvalue weighted by Gasteiger charge is -2.15. The van der Waals surface area contributed by atoms with E-state index >= 15 is 0 Å². The van der Waals surface area contributed by atoms with Crippen LogP contribution in [0.1, 0.15) is 32.3 Å². The lowest BCUT2D eigenvalue weighted by atomic mass is 10.0. The van der Waals surface area contributed by atoms with Gasteiger partial charge in [0.15, 0.2) is 12.7 Å². The second-order valence-electron chi connectivity index (χ2n) is 6.33. The normalized spacial score (nSPS) is 11.6. The molecule has 0 aromatic heterocycles. The summed E-state index contributed by atoms with van der Waals surface area (Å²) in [6, 6.07) is 14.5. The first kappa shape index (κ1) is 20.3. The molecule has 0 aliphatic carbocycles. The van der Waals surface area contributed by atoms with Crippen LogP contribution in [0.5, 0.6) is 11.5 Å². The minimum atomic E-state index is -0.964. The van der Waals surface area contributed by atoms with Gasteiger partial charge >= 0.3 is 5.97 Å². The summed E-state index contributed by atoms with van der Waals surface area (Å²) in [7, 11) is 1.51. The molecule has 0 fully saturated rings. The van der Waals surface area contributed by atoms with E-state index < -0.39 is 18.0 Å². The number of carbonyl (C=O) groups is 2. The molecule has 2 aromatic carbocycles. The van der Waals surface area contributed by atoms with Crippen LogP contribution in [0.3, 0.4) is 0 Å². The fourth-order valence-electron chi connectivity index (χ4n) is 2.36. The lowest BCUT2D eigenvalue weighted by Crippen LogP contribution is -2.31. The molecule has 6 nitrogen and oxygen atoms in total. The Labute approximate surface area is 159 Å². The van der Waals surface area contributed by atoms with Crippen molar-refractivity contribution in [1.82, 2.24) is 0 Å². The number of anilines is 1. The highest BCUT2D eigenvalue weighted by Gasteiger charge is 2.19. The van der Waals surface area contributed by atoms with Crippen molar-refractivity contribution in [3.05, 3.63) is 54.1 Å². The zero-order valence-corrected chi connectivity index (χ0v) is 16.0. The summed E-state index contributed by atoms with van der Waals surface area (Å²) in [6.07, 6.45) is -0.964. The highest BCUT2D eigenvalue weighted by atomic mass is 16.6. The summed E-state index contributed by atoms with van der Waals surface area (Å²) in [4.78, 5) is 24.1. The van der Waals surface area contributed by atoms with E-state index in [1.165, 1.54) is 19.6 Å². The molecule has 0 aliphatic heterocycles. The molecule has 0 aliphatic rings. The van der Waals surface area contributed by atoms with Crippen LogP contribution in [-0.4, -0.2) is 31.7 Å². The van der Waals surface area contributed by atoms with Crippen LogP contribution in [0.15, 0.2) is 48.5 Å². The molecule has 0 saturated carbocycles. The van der Waals surface area contributed by atoms with Gasteiger partial charge in [-0.05, 0) is 42.7 Å². The number of carbonyl (C=O) groups excluding carboxylic acids is 2. The van der Waals surface area contributed by atoms with Crippen LogP contribution < -0.4 is 14.8 Å². The van der Waals surface area contributed by atoms with Gasteiger partial charge in [0.05, 0.1) is 12.8 Å². The predicted octanol–water partition coefficient (Wildman–Crippen LogP) is 3.77. The largest absolute Gasteiger partial charge is 0.495 e. The topological polar surface area (TPSA) is 73.9 Å². The third-order valence-electron chi connectivity index (χ3n) is 3.95. The fourth-order valence-corrected chi connectivity index (χ4v) is 2.36. The van der Waals surface area contributed by atoms with E-state index in [4.69, 9.17) is 14.2 Å². The lowest BCUT2D eigenvalue weighted by molar-refractivity contribution is -0.155. The number of benzene rings is 2. The monoisotopic (exact) mass is 371 g/mol. The van der Waals surface area contributed by atoms with E-state index in [2.05, 4.69) is 19.2 Å². The average molecular weight is 371 g/mol. The van der Waals surface area contributed by atoms with E-state index in [1.54, 1.807) is 36.4 Å². The van der Waals surface area contributed by atoms with Crippen molar-refractivity contribution in [2.75, 3.05) is 19.0 Å². The fraction of sp³-hybridized carbons (Fsp3) is 0.333. The first-order chi connectivity index (χ1) is 12.9. The number of hydrogen-bond acceptors (Lipinski definition) is 5. The summed E-state index contributed by atoms with van der Waals surface area (Å²) in [5.41, 5.74) is 1.70. The molecule has 0 heterocycles. The van der Waals surface area contributed by atoms with Crippen molar-refractivity contribution in [2.45, 2.75) is 32.8 Å². The summed E-state index contributed by atoms with van der Waals surface area (Å²) < 4.78 is 15.7. The summed E-state index contributed by atoms with van der Waals surface area (Å²) in [6.45, 7) is 5.43. The van der Waals surface area contributed by atoms with Crippen LogP contribution in [-0.2, 0) is 14.3 Å². The first-order valence-corrected chi connectivity index (χ1v) is 8.76. The Morgan fingerprint density at radius 1 is 1.00 bits per heavy atom. The van der Waals surface area contributed by atoms with Gasteiger partial charge < -0.3 is 19.5 Å². The molecule has 0 unspecified atom stereocenters. The highest BCUT2D eigenvalue weighted by molar-refractivity contribution is 5.96. The maximum Gasteiger partial charge on any atom is 0.344 e. The zero-order chi connectivity index (χ0) is 19.8. The first-order valence-electron chi connectivity index (χ1n) is 8.76. The van der Waals surface area contributed by atoms with Crippen molar-refractivity contribution < 1.29 is 23.8 Å². The second kappa shape index (κ2) is 9.62. The van der Waals surface area contributed by atoms with E-state index in [0.717, 1.165) is 0 Å². The maximum absolute atomic E-state index is 12.2. The van der Waals surface area contributed by atoms with Crippen molar-refractivity contribution in [3.8, 4) is 11.5 Å². The number of amides is 1. The zero-order valence-electron chi connectivity index (χ0n) is 16.0. The number of nitrogens with one attached hydrogen (secondary N) is 1. The standard InChI is InChI=1S/C21H25NO5/c1-14(2)16-9-11-17(12-10-16)26-13-20(23)27-15(3)21(24)22-18-7-5-6-8-19(18)25-4/h5-12,14-15H,13H2,1-4H3,(H,22,24)/t15-/m1/s1. The third-order valence-corrected chi connectivity index (χ3v) is 3.95. The van der Waals surface area contributed by atoms with Gasteiger partial charge in [0.25, 0.3) is 5.91 Å². The van der Waals surface area contributed by atoms with Crippen LogP contribution in [0.4, 0.5) is 5.69 Å². The highest BCUT2D eigenvalue weighted by Crippen LogP contribution is 2.23. The van der Waals surface area contributed by atoms with Gasteiger partial charge in [-0.25, -0.2) is 4.79 Å². The Morgan fingerprint density at radius 3 is 2.30 bits per heavy atom. The molecule has 1 amide bonds. The van der Waals surface area contributed by atoms with Gasteiger partial charge in [0.2, 0.25) is 0 Å². The number of methoxy groups -OCH3 is 1. The molecule has 2 aromatic rings. The number of para-hydroxylation sites is 2. The molecule has 0 radical (unpaired) electrons. The smallest absolute Gasteiger partial charge is 0.344 e. The Hall–Kier alpha value is -3.02. The Bertz CT molecular complexity index is 770. The van der Waals surface area contributed by atoms with E-state index in [0.29, 0.717) is 23.1 Å². The van der Waals surface area contributed by atoms with Crippen molar-refractivity contribution >= 4 is 17.6 Å². The molecule has 0 bridgehead atoms. The molecular formula is C21H25NO5. The second-order valence-corrected chi connectivity index (χ2v) is 6.33. The average Bonchev–Trinajstić information content (AvgIpc) is 2.67. The van der Waals surface area contributed by atoms with Crippen molar-refractivity contribution in [2.24, 2.45) is 0 Å². The predicted molar refractivity (Wildman–Crippen MR) is 103 cm³/mol. The van der Waals surface area contributed by atoms with Crippen LogP contribution in [0.2, 0.25) is 0 Å². The van der Waals surface area contributed by atoms with Gasteiger partial charge in [-0.15, -0.1) is 0 Å². The Morgan fingerprint density at radius 2 is 1.67 bits per heavy atom. The van der Waals surface area contributed by atoms with Crippen LogP contribution in [0, 0.1) is 0 Å². The summed E-state index contributed by atoms with van der Waals surface area (Å²) in [5.74, 6) is 0.450. The summed E-state index contributed by atoms with van der Waals surface area (Å²) >= 11 is 0. The van der Waals surface area contributed by atoms with Gasteiger partial charge in [0.1, 0.15) is 11.5 Å². The Kier molecular flexibility index (Phi) is 7.23. The number of esters is 1. The number of hydrogen-bond donors (Lipinski definition) is 1. The molecule has 144 valence electrons. The maximum atomic E-state index is 12.2. The molecule has 0 spiro atoms. The van der Waals surface area contributed by atoms with Crippen LogP contribution in [0.25, 0.3) is 0 Å². The minimum absolute atomic E-state index is 0.271.